The molecule has 0 amide bonds. The topological polar surface area (TPSA) is 51.1 Å². The van der Waals surface area contributed by atoms with Crippen molar-refractivity contribution in [2.24, 2.45) is 5.16 Å². The van der Waals surface area contributed by atoms with Gasteiger partial charge in [-0.1, -0.05) is 90.1 Å². The Labute approximate surface area is 212 Å². The minimum absolute atomic E-state index is 0.281. The fourth-order valence-electron chi connectivity index (χ4n) is 3.82. The van der Waals surface area contributed by atoms with Crippen molar-refractivity contribution < 1.29 is 14.4 Å². The minimum atomic E-state index is -0.592. The SMILES string of the molecule is CC(C)(C)OC(=O)CO/N=C(\c1ccccc1)c1ccccc1N(c1ccccc1)c1ccccc1. The molecule has 4 rings (SSSR count). The molecule has 0 fully saturated rings. The normalized spacial score (nSPS) is 11.6. The molecule has 0 aliphatic rings. The summed E-state index contributed by atoms with van der Waals surface area (Å²) in [6.07, 6.45) is 0. The highest BCUT2D eigenvalue weighted by Crippen LogP contribution is 2.37. The molecule has 4 aromatic carbocycles. The fraction of sp³-hybridized carbons (Fsp3) is 0.161. The Morgan fingerprint density at radius 2 is 1.22 bits per heavy atom. The summed E-state index contributed by atoms with van der Waals surface area (Å²) in [5.41, 5.74) is 4.71. The van der Waals surface area contributed by atoms with E-state index >= 15 is 0 Å². The van der Waals surface area contributed by atoms with Crippen LogP contribution in [0.3, 0.4) is 0 Å². The zero-order valence-corrected chi connectivity index (χ0v) is 20.8. The van der Waals surface area contributed by atoms with Gasteiger partial charge in [0.05, 0.1) is 5.69 Å². The average Bonchev–Trinajstić information content (AvgIpc) is 2.88. The molecule has 0 radical (unpaired) electrons. The number of para-hydroxylation sites is 3. The molecule has 0 saturated carbocycles. The van der Waals surface area contributed by atoms with E-state index in [4.69, 9.17) is 9.57 Å². The smallest absolute Gasteiger partial charge is 0.347 e. The van der Waals surface area contributed by atoms with Gasteiger partial charge in [0.25, 0.3) is 0 Å². The number of benzene rings is 4. The Hall–Kier alpha value is -4.38. The van der Waals surface area contributed by atoms with Gasteiger partial charge in [-0.3, -0.25) is 0 Å². The first kappa shape index (κ1) is 24.7. The summed E-state index contributed by atoms with van der Waals surface area (Å²) in [5, 5.41) is 4.45. The lowest BCUT2D eigenvalue weighted by molar-refractivity contribution is -0.160. The summed E-state index contributed by atoms with van der Waals surface area (Å²) in [4.78, 5) is 20.0. The first-order valence-electron chi connectivity index (χ1n) is 11.9. The molecule has 5 heteroatoms. The second-order valence-corrected chi connectivity index (χ2v) is 9.19. The van der Waals surface area contributed by atoms with Crippen molar-refractivity contribution in [2.45, 2.75) is 26.4 Å². The molecule has 0 aliphatic heterocycles. The number of esters is 1. The van der Waals surface area contributed by atoms with Crippen LogP contribution in [-0.2, 0) is 14.4 Å². The van der Waals surface area contributed by atoms with Crippen LogP contribution < -0.4 is 4.90 Å². The van der Waals surface area contributed by atoms with E-state index < -0.39 is 11.6 Å². The van der Waals surface area contributed by atoms with Gasteiger partial charge >= 0.3 is 5.97 Å². The van der Waals surface area contributed by atoms with Crippen LogP contribution >= 0.6 is 0 Å². The zero-order valence-electron chi connectivity index (χ0n) is 20.8. The maximum atomic E-state index is 12.2. The Morgan fingerprint density at radius 3 is 1.78 bits per heavy atom. The highest BCUT2D eigenvalue weighted by Gasteiger charge is 2.21. The van der Waals surface area contributed by atoms with Crippen molar-refractivity contribution in [3.63, 3.8) is 0 Å². The lowest BCUT2D eigenvalue weighted by Crippen LogP contribution is -2.26. The van der Waals surface area contributed by atoms with Crippen LogP contribution in [0, 0.1) is 0 Å². The molecule has 0 heterocycles. The molecule has 0 N–H and O–H groups in total. The summed E-state index contributed by atoms with van der Waals surface area (Å²) in [6, 6.07) is 38.2. The predicted octanol–water partition coefficient (Wildman–Crippen LogP) is 7.27. The molecule has 36 heavy (non-hydrogen) atoms. The van der Waals surface area contributed by atoms with Gasteiger partial charge in [-0.25, -0.2) is 4.79 Å². The Balaban J connectivity index is 1.79. The molecule has 0 spiro atoms. The zero-order chi connectivity index (χ0) is 25.4. The van der Waals surface area contributed by atoms with Crippen molar-refractivity contribution in [2.75, 3.05) is 11.5 Å². The number of hydrogen-bond donors (Lipinski definition) is 0. The van der Waals surface area contributed by atoms with Gasteiger partial charge in [-0.15, -0.1) is 0 Å². The van der Waals surface area contributed by atoms with Gasteiger partial charge in [0.2, 0.25) is 6.61 Å². The third kappa shape index (κ3) is 6.39. The second kappa shape index (κ2) is 11.4. The quantitative estimate of drug-likeness (QED) is 0.152. The molecule has 0 bridgehead atoms. The van der Waals surface area contributed by atoms with Crippen molar-refractivity contribution in [1.82, 2.24) is 0 Å². The standard InChI is InChI=1S/C31H30N2O3/c1-31(2,3)36-29(34)23-35-32-30(24-15-7-4-8-16-24)27-21-13-14-22-28(27)33(25-17-9-5-10-18-25)26-19-11-6-12-20-26/h4-22H,23H2,1-3H3/b32-30+. The third-order valence-corrected chi connectivity index (χ3v) is 5.23. The molecule has 182 valence electrons. The average molecular weight is 479 g/mol. The van der Waals surface area contributed by atoms with E-state index in [2.05, 4.69) is 40.4 Å². The lowest BCUT2D eigenvalue weighted by atomic mass is 9.99. The van der Waals surface area contributed by atoms with E-state index in [0.717, 1.165) is 28.2 Å². The van der Waals surface area contributed by atoms with Crippen LogP contribution in [0.15, 0.2) is 120 Å². The van der Waals surface area contributed by atoms with E-state index in [1.165, 1.54) is 0 Å². The largest absolute Gasteiger partial charge is 0.457 e. The van der Waals surface area contributed by atoms with Gasteiger partial charge in [0, 0.05) is 22.5 Å². The Bertz CT molecular complexity index is 1260. The highest BCUT2D eigenvalue weighted by molar-refractivity contribution is 6.16. The van der Waals surface area contributed by atoms with Gasteiger partial charge < -0.3 is 14.5 Å². The number of oxime groups is 1. The summed E-state index contributed by atoms with van der Waals surface area (Å²) in [5.74, 6) is -0.470. The van der Waals surface area contributed by atoms with Crippen molar-refractivity contribution in [3.05, 3.63) is 126 Å². The summed E-state index contributed by atoms with van der Waals surface area (Å²) in [7, 11) is 0. The van der Waals surface area contributed by atoms with Crippen molar-refractivity contribution in [3.8, 4) is 0 Å². The number of ether oxygens (including phenoxy) is 1. The molecule has 0 atom stereocenters. The van der Waals surface area contributed by atoms with Gasteiger partial charge in [-0.2, -0.15) is 0 Å². The molecular formula is C31H30N2O3. The number of rotatable bonds is 8. The minimum Gasteiger partial charge on any atom is -0.457 e. The summed E-state index contributed by atoms with van der Waals surface area (Å²) in [6.45, 7) is 5.18. The second-order valence-electron chi connectivity index (χ2n) is 9.19. The fourth-order valence-corrected chi connectivity index (χ4v) is 3.82. The molecule has 0 saturated heterocycles. The lowest BCUT2D eigenvalue weighted by Gasteiger charge is -2.28. The third-order valence-electron chi connectivity index (χ3n) is 5.23. The first-order valence-corrected chi connectivity index (χ1v) is 11.9. The molecular weight excluding hydrogens is 448 g/mol. The number of carbonyl (C=O) groups is 1. The molecule has 5 nitrogen and oxygen atoms in total. The van der Waals surface area contributed by atoms with Gasteiger partial charge in [0.1, 0.15) is 11.3 Å². The molecule has 0 aliphatic carbocycles. The first-order chi connectivity index (χ1) is 17.4. The maximum absolute atomic E-state index is 12.2. The van der Waals surface area contributed by atoms with Crippen molar-refractivity contribution >= 4 is 28.7 Å². The van der Waals surface area contributed by atoms with Crippen LogP contribution in [0.2, 0.25) is 0 Å². The predicted molar refractivity (Wildman–Crippen MR) is 145 cm³/mol. The number of hydrogen-bond acceptors (Lipinski definition) is 5. The molecule has 4 aromatic rings. The maximum Gasteiger partial charge on any atom is 0.347 e. The van der Waals surface area contributed by atoms with E-state index in [9.17, 15) is 4.79 Å². The van der Waals surface area contributed by atoms with Crippen LogP contribution in [-0.4, -0.2) is 23.9 Å². The van der Waals surface area contributed by atoms with Crippen molar-refractivity contribution in [1.29, 1.82) is 0 Å². The van der Waals surface area contributed by atoms with Gasteiger partial charge in [0.15, 0.2) is 0 Å². The monoisotopic (exact) mass is 478 g/mol. The Kier molecular flexibility index (Phi) is 7.81. The molecule has 0 unspecified atom stereocenters. The van der Waals surface area contributed by atoms with E-state index in [-0.39, 0.29) is 6.61 Å². The van der Waals surface area contributed by atoms with E-state index in [1.807, 2.05) is 106 Å². The number of nitrogens with zero attached hydrogens (tertiary/aromatic N) is 2. The summed E-state index contributed by atoms with van der Waals surface area (Å²) < 4.78 is 5.37. The summed E-state index contributed by atoms with van der Waals surface area (Å²) >= 11 is 0. The molecule has 0 aromatic heterocycles. The van der Waals surface area contributed by atoms with Crippen LogP contribution in [0.25, 0.3) is 0 Å². The van der Waals surface area contributed by atoms with Gasteiger partial charge in [-0.05, 0) is 51.1 Å². The highest BCUT2D eigenvalue weighted by atomic mass is 16.7. The van der Waals surface area contributed by atoms with E-state index in [0.29, 0.717) is 5.71 Å². The van der Waals surface area contributed by atoms with Crippen LogP contribution in [0.4, 0.5) is 17.1 Å². The Morgan fingerprint density at radius 1 is 0.722 bits per heavy atom. The van der Waals surface area contributed by atoms with Crippen LogP contribution in [0.5, 0.6) is 0 Å². The number of anilines is 3. The number of carbonyl (C=O) groups excluding carboxylic acids is 1. The van der Waals surface area contributed by atoms with E-state index in [1.54, 1.807) is 0 Å². The van der Waals surface area contributed by atoms with Crippen LogP contribution in [0.1, 0.15) is 31.9 Å².